The first-order chi connectivity index (χ1) is 15.7. The van der Waals surface area contributed by atoms with E-state index < -0.39 is 0 Å². The smallest absolute Gasteiger partial charge is 0.220 e. The predicted molar refractivity (Wildman–Crippen MR) is 144 cm³/mol. The number of primary amides is 1. The highest BCUT2D eigenvalue weighted by molar-refractivity contribution is 5.76. The van der Waals surface area contributed by atoms with E-state index in [-0.39, 0.29) is 11.8 Å². The lowest BCUT2D eigenvalue weighted by Gasteiger charge is -2.13. The van der Waals surface area contributed by atoms with Gasteiger partial charge in [-0.1, -0.05) is 142 Å². The number of carbonyl (C=O) groups excluding carboxylic acids is 1. The van der Waals surface area contributed by atoms with Gasteiger partial charge in [0.2, 0.25) is 5.91 Å². The molecule has 0 aromatic heterocycles. The van der Waals surface area contributed by atoms with Crippen molar-refractivity contribution in [1.82, 2.24) is 0 Å². The summed E-state index contributed by atoms with van der Waals surface area (Å²) >= 11 is 0. The highest BCUT2D eigenvalue weighted by Gasteiger charge is 2.14. The fraction of sp³-hybridized carbons (Fsp3) is 0.900. The minimum atomic E-state index is -0.0708. The molecule has 0 aromatic carbocycles. The van der Waals surface area contributed by atoms with Gasteiger partial charge in [0.25, 0.3) is 0 Å². The molecule has 0 aromatic rings. The molecule has 190 valence electrons. The summed E-state index contributed by atoms with van der Waals surface area (Å²) in [6.07, 6.45) is 36.0. The zero-order valence-corrected chi connectivity index (χ0v) is 22.2. The van der Waals surface area contributed by atoms with Crippen LogP contribution in [-0.4, -0.2) is 5.91 Å². The van der Waals surface area contributed by atoms with Gasteiger partial charge in [0.1, 0.15) is 0 Å². The molecule has 2 nitrogen and oxygen atoms in total. The van der Waals surface area contributed by atoms with Crippen molar-refractivity contribution >= 4 is 5.91 Å². The van der Waals surface area contributed by atoms with Crippen LogP contribution in [0, 0.1) is 5.92 Å². The van der Waals surface area contributed by atoms with E-state index in [2.05, 4.69) is 26.0 Å². The van der Waals surface area contributed by atoms with E-state index in [0.717, 1.165) is 19.3 Å². The van der Waals surface area contributed by atoms with E-state index in [9.17, 15) is 4.79 Å². The lowest BCUT2D eigenvalue weighted by molar-refractivity contribution is -0.122. The first-order valence-corrected chi connectivity index (χ1v) is 14.7. The van der Waals surface area contributed by atoms with Gasteiger partial charge in [-0.2, -0.15) is 0 Å². The zero-order chi connectivity index (χ0) is 23.5. The molecule has 0 saturated heterocycles. The largest absolute Gasteiger partial charge is 0.369 e. The third-order valence-electron chi connectivity index (χ3n) is 6.87. The summed E-state index contributed by atoms with van der Waals surface area (Å²) in [5, 5.41) is 0. The Bertz CT molecular complexity index is 404. The maximum Gasteiger partial charge on any atom is 0.220 e. The summed E-state index contributed by atoms with van der Waals surface area (Å²) in [5.74, 6) is 0.0415. The summed E-state index contributed by atoms with van der Waals surface area (Å²) in [7, 11) is 0. The number of unbranched alkanes of at least 4 members (excludes halogenated alkanes) is 19. The summed E-state index contributed by atoms with van der Waals surface area (Å²) < 4.78 is 0. The highest BCUT2D eigenvalue weighted by atomic mass is 16.1. The van der Waals surface area contributed by atoms with Crippen molar-refractivity contribution < 1.29 is 4.79 Å². The fourth-order valence-electron chi connectivity index (χ4n) is 4.59. The molecule has 0 saturated carbocycles. The Hall–Kier alpha value is -0.790. The summed E-state index contributed by atoms with van der Waals surface area (Å²) in [6, 6.07) is 0. The lowest BCUT2D eigenvalue weighted by Crippen LogP contribution is -2.23. The average Bonchev–Trinajstić information content (AvgIpc) is 2.78. The van der Waals surface area contributed by atoms with Crippen molar-refractivity contribution in [2.75, 3.05) is 0 Å². The number of allylic oxidation sites excluding steroid dienone is 2. The van der Waals surface area contributed by atoms with Gasteiger partial charge >= 0.3 is 0 Å². The first kappa shape index (κ1) is 31.2. The summed E-state index contributed by atoms with van der Waals surface area (Å²) in [5.41, 5.74) is 5.66. The van der Waals surface area contributed by atoms with Crippen molar-refractivity contribution in [2.45, 2.75) is 168 Å². The van der Waals surface area contributed by atoms with Gasteiger partial charge in [-0.3, -0.25) is 4.79 Å². The second-order valence-electron chi connectivity index (χ2n) is 10.1. The molecule has 0 heterocycles. The highest BCUT2D eigenvalue weighted by Crippen LogP contribution is 2.19. The first-order valence-electron chi connectivity index (χ1n) is 14.7. The van der Waals surface area contributed by atoms with Crippen molar-refractivity contribution in [3.63, 3.8) is 0 Å². The van der Waals surface area contributed by atoms with Crippen LogP contribution in [0.15, 0.2) is 12.2 Å². The van der Waals surface area contributed by atoms with Crippen LogP contribution < -0.4 is 5.73 Å². The molecule has 0 aliphatic rings. The van der Waals surface area contributed by atoms with E-state index in [1.807, 2.05) is 0 Å². The Balaban J connectivity index is 3.48. The molecule has 0 radical (unpaired) electrons. The Kier molecular flexibility index (Phi) is 25.8. The number of hydrogen-bond acceptors (Lipinski definition) is 1. The molecule has 32 heavy (non-hydrogen) atoms. The maximum absolute atomic E-state index is 11.8. The molecule has 1 atom stereocenters. The van der Waals surface area contributed by atoms with Gasteiger partial charge < -0.3 is 5.73 Å². The summed E-state index contributed by atoms with van der Waals surface area (Å²) in [6.45, 7) is 4.55. The van der Waals surface area contributed by atoms with Crippen molar-refractivity contribution in [2.24, 2.45) is 11.7 Å². The van der Waals surface area contributed by atoms with Crippen LogP contribution in [0.2, 0.25) is 0 Å². The van der Waals surface area contributed by atoms with Crippen LogP contribution in [0.3, 0.4) is 0 Å². The normalized spacial score (nSPS) is 12.6. The van der Waals surface area contributed by atoms with E-state index in [4.69, 9.17) is 5.73 Å². The predicted octanol–water partition coefficient (Wildman–Crippen LogP) is 10.0. The van der Waals surface area contributed by atoms with Crippen molar-refractivity contribution in [1.29, 1.82) is 0 Å². The second kappa shape index (κ2) is 26.5. The van der Waals surface area contributed by atoms with Crippen molar-refractivity contribution in [3.8, 4) is 0 Å². The Labute approximate surface area is 202 Å². The van der Waals surface area contributed by atoms with E-state index in [0.29, 0.717) is 0 Å². The molecule has 0 aliphatic carbocycles. The molecular weight excluding hydrogens is 390 g/mol. The molecule has 0 rings (SSSR count). The topological polar surface area (TPSA) is 43.1 Å². The standard InChI is InChI=1S/C30H59NO/c1-3-5-7-9-11-13-15-16-17-18-20-22-24-26-28-29(30(31)32)27-25-23-21-19-14-12-10-8-6-4-2/h16-17,29H,3-15,18-28H2,1-2H3,(H2,31,32)/b17-16-. The van der Waals surface area contributed by atoms with Gasteiger partial charge in [-0.15, -0.1) is 0 Å². The lowest BCUT2D eigenvalue weighted by atomic mass is 9.93. The van der Waals surface area contributed by atoms with Gasteiger partial charge in [0.05, 0.1) is 0 Å². The SMILES string of the molecule is CCCCCCCC/C=C\CCCCCCC(CCCCCCCCCCCC)C(N)=O. The van der Waals surface area contributed by atoms with Crippen LogP contribution in [0.5, 0.6) is 0 Å². The zero-order valence-electron chi connectivity index (χ0n) is 22.2. The molecule has 1 amide bonds. The monoisotopic (exact) mass is 449 g/mol. The molecule has 0 fully saturated rings. The van der Waals surface area contributed by atoms with Crippen LogP contribution >= 0.6 is 0 Å². The number of carbonyl (C=O) groups is 1. The number of hydrogen-bond donors (Lipinski definition) is 1. The molecule has 1 unspecified atom stereocenters. The van der Waals surface area contributed by atoms with Crippen LogP contribution in [0.1, 0.15) is 168 Å². The Morgan fingerprint density at radius 1 is 0.531 bits per heavy atom. The molecule has 2 heteroatoms. The molecule has 2 N–H and O–H groups in total. The fourth-order valence-corrected chi connectivity index (χ4v) is 4.59. The van der Waals surface area contributed by atoms with Crippen LogP contribution in [0.25, 0.3) is 0 Å². The van der Waals surface area contributed by atoms with Gasteiger partial charge in [-0.05, 0) is 38.5 Å². The number of nitrogens with two attached hydrogens (primary N) is 1. The van der Waals surface area contributed by atoms with Crippen molar-refractivity contribution in [3.05, 3.63) is 12.2 Å². The van der Waals surface area contributed by atoms with E-state index in [1.54, 1.807) is 0 Å². The average molecular weight is 450 g/mol. The molecule has 0 spiro atoms. The summed E-state index contributed by atoms with van der Waals surface area (Å²) in [4.78, 5) is 11.8. The minimum Gasteiger partial charge on any atom is -0.369 e. The Morgan fingerprint density at radius 2 is 0.844 bits per heavy atom. The van der Waals surface area contributed by atoms with E-state index >= 15 is 0 Å². The third kappa shape index (κ3) is 23.9. The van der Waals surface area contributed by atoms with Gasteiger partial charge in [-0.25, -0.2) is 0 Å². The second-order valence-corrected chi connectivity index (χ2v) is 10.1. The maximum atomic E-state index is 11.8. The quantitative estimate of drug-likeness (QED) is 0.104. The van der Waals surface area contributed by atoms with Gasteiger partial charge in [0, 0.05) is 5.92 Å². The van der Waals surface area contributed by atoms with Gasteiger partial charge in [0.15, 0.2) is 0 Å². The molecule has 0 bridgehead atoms. The molecular formula is C30H59NO. The number of rotatable bonds is 26. The number of amides is 1. The van der Waals surface area contributed by atoms with E-state index in [1.165, 1.54) is 135 Å². The van der Waals surface area contributed by atoms with Crippen LogP contribution in [0.4, 0.5) is 0 Å². The third-order valence-corrected chi connectivity index (χ3v) is 6.87. The molecule has 0 aliphatic heterocycles. The van der Waals surface area contributed by atoms with Crippen LogP contribution in [-0.2, 0) is 4.79 Å². The Morgan fingerprint density at radius 3 is 1.19 bits per heavy atom. The minimum absolute atomic E-state index is 0.0708.